The third kappa shape index (κ3) is 4.38. The molecule has 0 saturated carbocycles. The Hall–Kier alpha value is -3.42. The van der Waals surface area contributed by atoms with Gasteiger partial charge in [-0.25, -0.2) is 24.3 Å². The number of piperidine rings is 1. The van der Waals surface area contributed by atoms with Crippen LogP contribution in [0.5, 0.6) is 0 Å². The quantitative estimate of drug-likeness (QED) is 0.691. The van der Waals surface area contributed by atoms with Crippen LogP contribution in [-0.4, -0.2) is 49.4 Å². The minimum absolute atomic E-state index is 0.00356. The molecule has 1 fully saturated rings. The van der Waals surface area contributed by atoms with Crippen LogP contribution in [0.1, 0.15) is 41.5 Å². The highest BCUT2D eigenvalue weighted by atomic mass is 19.1. The number of carbonyl (C=O) groups excluding carboxylic acids is 1. The largest absolute Gasteiger partial charge is 0.349 e. The third-order valence-corrected chi connectivity index (χ3v) is 5.58. The Morgan fingerprint density at radius 2 is 1.84 bits per heavy atom. The lowest BCUT2D eigenvalue weighted by molar-refractivity contribution is 0.0612. The summed E-state index contributed by atoms with van der Waals surface area (Å²) in [5.41, 5.74) is 2.16. The number of aromatic nitrogens is 4. The molecule has 160 valence electrons. The predicted octanol–water partition coefficient (Wildman–Crippen LogP) is 3.79. The summed E-state index contributed by atoms with van der Waals surface area (Å²) in [6.45, 7) is 6.36. The molecule has 0 aliphatic carbocycles. The molecule has 3 aromatic rings. The average Bonchev–Trinajstić information content (AvgIpc) is 2.74. The van der Waals surface area contributed by atoms with Gasteiger partial charge >= 0.3 is 0 Å². The number of rotatable bonds is 4. The monoisotopic (exact) mass is 420 g/mol. The molecule has 7 nitrogen and oxygen atoms in total. The van der Waals surface area contributed by atoms with Gasteiger partial charge in [-0.2, -0.15) is 0 Å². The Morgan fingerprint density at radius 3 is 2.55 bits per heavy atom. The van der Waals surface area contributed by atoms with Crippen LogP contribution in [0.2, 0.25) is 0 Å². The van der Waals surface area contributed by atoms with Crippen molar-refractivity contribution in [3.63, 3.8) is 0 Å². The Bertz CT molecular complexity index is 1070. The van der Waals surface area contributed by atoms with E-state index in [4.69, 9.17) is 0 Å². The Morgan fingerprint density at radius 1 is 1.13 bits per heavy atom. The second-order valence-electron chi connectivity index (χ2n) is 7.84. The summed E-state index contributed by atoms with van der Waals surface area (Å²) in [7, 11) is 0. The van der Waals surface area contributed by atoms with Crippen LogP contribution in [0.3, 0.4) is 0 Å². The van der Waals surface area contributed by atoms with Crippen molar-refractivity contribution in [2.24, 2.45) is 0 Å². The summed E-state index contributed by atoms with van der Waals surface area (Å²) in [4.78, 5) is 32.5. The van der Waals surface area contributed by atoms with Gasteiger partial charge < -0.3 is 10.2 Å². The topological polar surface area (TPSA) is 83.9 Å². The number of nitrogens with zero attached hydrogens (tertiary/aromatic N) is 5. The molecule has 0 unspecified atom stereocenters. The molecule has 1 aliphatic rings. The van der Waals surface area contributed by atoms with Gasteiger partial charge in [-0.1, -0.05) is 12.1 Å². The van der Waals surface area contributed by atoms with Crippen molar-refractivity contribution in [2.45, 2.75) is 45.7 Å². The Balaban J connectivity index is 1.62. The van der Waals surface area contributed by atoms with E-state index in [1.54, 1.807) is 35.5 Å². The molecule has 8 heteroatoms. The fourth-order valence-electron chi connectivity index (χ4n) is 4.09. The fraction of sp³-hybridized carbons (Fsp3) is 0.348. The van der Waals surface area contributed by atoms with Gasteiger partial charge in [0.2, 0.25) is 5.95 Å². The minimum atomic E-state index is -0.574. The zero-order chi connectivity index (χ0) is 22.0. The molecular formula is C23H25FN6O. The number of anilines is 1. The number of hydrogen-bond donors (Lipinski definition) is 1. The molecule has 0 bridgehead atoms. The van der Waals surface area contributed by atoms with Gasteiger partial charge in [0.25, 0.3) is 5.91 Å². The molecule has 0 spiro atoms. The molecule has 1 N–H and O–H groups in total. The van der Waals surface area contributed by atoms with E-state index in [9.17, 15) is 9.18 Å². The van der Waals surface area contributed by atoms with E-state index in [-0.39, 0.29) is 23.6 Å². The Labute approximate surface area is 180 Å². The van der Waals surface area contributed by atoms with Crippen LogP contribution in [0.25, 0.3) is 11.4 Å². The first-order valence-corrected chi connectivity index (χ1v) is 10.4. The zero-order valence-electron chi connectivity index (χ0n) is 17.8. The fourth-order valence-corrected chi connectivity index (χ4v) is 4.09. The molecule has 1 saturated heterocycles. The van der Waals surface area contributed by atoms with Crippen LogP contribution >= 0.6 is 0 Å². The van der Waals surface area contributed by atoms with E-state index < -0.39 is 5.82 Å². The van der Waals surface area contributed by atoms with Crippen molar-refractivity contribution >= 4 is 11.9 Å². The van der Waals surface area contributed by atoms with E-state index in [1.165, 1.54) is 6.07 Å². The van der Waals surface area contributed by atoms with Crippen LogP contribution in [0.4, 0.5) is 10.3 Å². The van der Waals surface area contributed by atoms with Crippen molar-refractivity contribution in [1.82, 2.24) is 24.8 Å². The smallest absolute Gasteiger partial charge is 0.257 e. The minimum Gasteiger partial charge on any atom is -0.349 e. The number of amides is 1. The number of halogens is 1. The Kier molecular flexibility index (Phi) is 5.88. The summed E-state index contributed by atoms with van der Waals surface area (Å²) in [6, 6.07) is 7.93. The first-order valence-electron chi connectivity index (χ1n) is 10.4. The number of benzene rings is 1. The van der Waals surface area contributed by atoms with Crippen LogP contribution in [0.15, 0.2) is 42.7 Å². The SMILES string of the molecule is Cc1cc(C)nc(N[C@@H]2CCCN(C(=O)c3c(F)cccc3-c3ncccn3)[C@H]2C)n1. The zero-order valence-corrected chi connectivity index (χ0v) is 17.8. The van der Waals surface area contributed by atoms with Crippen molar-refractivity contribution in [3.8, 4) is 11.4 Å². The van der Waals surface area contributed by atoms with Gasteiger partial charge in [0.15, 0.2) is 5.82 Å². The van der Waals surface area contributed by atoms with Gasteiger partial charge in [-0.15, -0.1) is 0 Å². The van der Waals surface area contributed by atoms with Crippen LogP contribution in [-0.2, 0) is 0 Å². The van der Waals surface area contributed by atoms with Crippen molar-refractivity contribution in [3.05, 3.63) is 65.5 Å². The molecule has 0 radical (unpaired) electrons. The summed E-state index contributed by atoms with van der Waals surface area (Å²) in [5, 5.41) is 3.37. The second-order valence-corrected chi connectivity index (χ2v) is 7.84. The number of aryl methyl sites for hydroxylation is 2. The maximum atomic E-state index is 14.9. The van der Waals surface area contributed by atoms with Crippen molar-refractivity contribution in [2.75, 3.05) is 11.9 Å². The maximum Gasteiger partial charge on any atom is 0.257 e. The first kappa shape index (κ1) is 20.8. The first-order chi connectivity index (χ1) is 14.9. The molecule has 4 rings (SSSR count). The van der Waals surface area contributed by atoms with Crippen LogP contribution < -0.4 is 5.32 Å². The van der Waals surface area contributed by atoms with Gasteiger partial charge in [-0.05, 0) is 51.8 Å². The second kappa shape index (κ2) is 8.75. The van der Waals surface area contributed by atoms with E-state index >= 15 is 0 Å². The molecule has 1 amide bonds. The van der Waals surface area contributed by atoms with Gasteiger partial charge in [0.1, 0.15) is 5.82 Å². The number of nitrogens with one attached hydrogen (secondary N) is 1. The highest BCUT2D eigenvalue weighted by Gasteiger charge is 2.34. The molecule has 31 heavy (non-hydrogen) atoms. The normalized spacial score (nSPS) is 18.6. The van der Waals surface area contributed by atoms with E-state index in [0.29, 0.717) is 23.9 Å². The van der Waals surface area contributed by atoms with Crippen molar-refractivity contribution in [1.29, 1.82) is 0 Å². The lowest BCUT2D eigenvalue weighted by Crippen LogP contribution is -2.52. The molecule has 1 aliphatic heterocycles. The summed E-state index contributed by atoms with van der Waals surface area (Å²) in [5.74, 6) is -0.0583. The molecule has 2 atom stereocenters. The van der Waals surface area contributed by atoms with Gasteiger partial charge in [0, 0.05) is 48.0 Å². The molecule has 1 aromatic carbocycles. The summed E-state index contributed by atoms with van der Waals surface area (Å²) >= 11 is 0. The van der Waals surface area contributed by atoms with E-state index in [2.05, 4.69) is 25.3 Å². The van der Waals surface area contributed by atoms with Gasteiger partial charge in [0.05, 0.1) is 5.56 Å². The molecule has 3 heterocycles. The standard InChI is InChI=1S/C23H25FN6O/c1-14-13-15(2)28-23(27-14)29-19-9-5-12-30(16(19)3)22(31)20-17(7-4-8-18(20)24)21-25-10-6-11-26-21/h4,6-8,10-11,13,16,19H,5,9,12H2,1-3H3,(H,27,28,29)/t16-,19+/m0/s1. The number of carbonyl (C=O) groups is 1. The lowest BCUT2D eigenvalue weighted by Gasteiger charge is -2.40. The predicted molar refractivity (Wildman–Crippen MR) is 116 cm³/mol. The highest BCUT2D eigenvalue weighted by Crippen LogP contribution is 2.28. The molecule has 2 aromatic heterocycles. The summed E-state index contributed by atoms with van der Waals surface area (Å²) < 4.78 is 14.9. The van der Waals surface area contributed by atoms with Crippen LogP contribution in [0, 0.1) is 19.7 Å². The maximum absolute atomic E-state index is 14.9. The number of likely N-dealkylation sites (tertiary alicyclic amines) is 1. The van der Waals surface area contributed by atoms with Crippen molar-refractivity contribution < 1.29 is 9.18 Å². The van der Waals surface area contributed by atoms with Gasteiger partial charge in [-0.3, -0.25) is 4.79 Å². The number of hydrogen-bond acceptors (Lipinski definition) is 6. The third-order valence-electron chi connectivity index (χ3n) is 5.58. The summed E-state index contributed by atoms with van der Waals surface area (Å²) in [6.07, 6.45) is 4.82. The highest BCUT2D eigenvalue weighted by molar-refractivity contribution is 6.00. The lowest BCUT2D eigenvalue weighted by atomic mass is 9.95. The average molecular weight is 420 g/mol. The molecular weight excluding hydrogens is 395 g/mol. The van der Waals surface area contributed by atoms with E-state index in [1.807, 2.05) is 26.8 Å². The van der Waals surface area contributed by atoms with E-state index in [0.717, 1.165) is 24.2 Å².